The minimum absolute atomic E-state index is 0.543. The van der Waals surface area contributed by atoms with E-state index in [-0.39, 0.29) is 0 Å². The van der Waals surface area contributed by atoms with E-state index >= 15 is 0 Å². The van der Waals surface area contributed by atoms with Crippen LogP contribution < -0.4 is 16.0 Å². The third kappa shape index (κ3) is 29.0. The Kier molecular flexibility index (Phi) is 31.0. The lowest BCUT2D eigenvalue weighted by Gasteiger charge is -2.23. The maximum atomic E-state index is 5.75. The summed E-state index contributed by atoms with van der Waals surface area (Å²) in [5.74, 6) is 0. The fourth-order valence-corrected chi connectivity index (χ4v) is 3.84. The summed E-state index contributed by atoms with van der Waals surface area (Å²) in [5, 5.41) is 10.6. The highest BCUT2D eigenvalue weighted by Gasteiger charge is 2.05. The van der Waals surface area contributed by atoms with Crippen molar-refractivity contribution in [3.8, 4) is 0 Å². The SMILES string of the molecule is COCCOCCOCCOCCOCCOCCOCCOCCCN1CCCNCCNCCCNCC1. The van der Waals surface area contributed by atoms with Crippen LogP contribution in [0.4, 0.5) is 0 Å². The van der Waals surface area contributed by atoms with Gasteiger partial charge in [-0.3, -0.25) is 0 Å². The topological polar surface area (TPSA) is 113 Å². The van der Waals surface area contributed by atoms with Crippen LogP contribution in [0, 0.1) is 0 Å². The molecule has 0 aromatic heterocycles. The monoisotopic (exact) mass is 580 g/mol. The highest BCUT2D eigenvalue weighted by molar-refractivity contribution is 4.63. The van der Waals surface area contributed by atoms with E-state index in [1.54, 1.807) is 7.11 Å². The second-order valence-electron chi connectivity index (χ2n) is 9.43. The van der Waals surface area contributed by atoms with Crippen LogP contribution in [0.25, 0.3) is 0 Å². The van der Waals surface area contributed by atoms with Gasteiger partial charge in [0.15, 0.2) is 0 Å². The molecule has 0 aliphatic carbocycles. The van der Waals surface area contributed by atoms with Crippen LogP contribution in [0.3, 0.4) is 0 Å². The number of nitrogens with one attached hydrogen (secondary N) is 3. The van der Waals surface area contributed by atoms with Gasteiger partial charge in [0.1, 0.15) is 0 Å². The molecule has 0 aromatic rings. The van der Waals surface area contributed by atoms with Crippen molar-refractivity contribution < 1.29 is 37.9 Å². The number of ether oxygens (including phenoxy) is 8. The second kappa shape index (κ2) is 33.0. The summed E-state index contributed by atoms with van der Waals surface area (Å²) in [6, 6.07) is 0. The maximum absolute atomic E-state index is 5.75. The fourth-order valence-electron chi connectivity index (χ4n) is 3.84. The standard InChI is InChI=1S/C28H60N4O8/c1-33-15-16-35-19-20-37-23-24-39-27-28-40-26-25-38-22-21-36-18-17-34-14-4-12-32-11-3-7-30-9-8-29-5-2-6-31-10-13-32/h29-31H,2-28H2,1H3. The minimum atomic E-state index is 0.543. The van der Waals surface area contributed by atoms with Crippen LogP contribution in [-0.2, 0) is 37.9 Å². The molecule has 0 spiro atoms. The maximum Gasteiger partial charge on any atom is 0.0701 e. The molecule has 40 heavy (non-hydrogen) atoms. The normalized spacial score (nSPS) is 16.7. The van der Waals surface area contributed by atoms with Gasteiger partial charge < -0.3 is 58.7 Å². The molecule has 1 heterocycles. The highest BCUT2D eigenvalue weighted by atomic mass is 16.6. The molecule has 0 unspecified atom stereocenters. The number of nitrogens with zero attached hydrogens (tertiary/aromatic N) is 1. The van der Waals surface area contributed by atoms with Crippen LogP contribution in [-0.4, -0.2) is 170 Å². The van der Waals surface area contributed by atoms with E-state index in [0.29, 0.717) is 92.5 Å². The second-order valence-corrected chi connectivity index (χ2v) is 9.43. The van der Waals surface area contributed by atoms with E-state index in [1.165, 1.54) is 12.8 Å². The van der Waals surface area contributed by atoms with Crippen LogP contribution in [0.2, 0.25) is 0 Å². The van der Waals surface area contributed by atoms with Crippen molar-refractivity contribution in [2.75, 3.05) is 165 Å². The van der Waals surface area contributed by atoms with Crippen LogP contribution in [0.5, 0.6) is 0 Å². The number of methoxy groups -OCH3 is 1. The predicted octanol–water partition coefficient (Wildman–Crippen LogP) is 0.00370. The van der Waals surface area contributed by atoms with Gasteiger partial charge in [-0.05, 0) is 45.4 Å². The first-order valence-corrected chi connectivity index (χ1v) is 15.3. The first-order valence-electron chi connectivity index (χ1n) is 15.3. The summed E-state index contributed by atoms with van der Waals surface area (Å²) in [5.41, 5.74) is 0. The summed E-state index contributed by atoms with van der Waals surface area (Å²) >= 11 is 0. The largest absolute Gasteiger partial charge is 0.382 e. The van der Waals surface area contributed by atoms with Crippen LogP contribution >= 0.6 is 0 Å². The zero-order chi connectivity index (χ0) is 28.4. The lowest BCUT2D eigenvalue weighted by Crippen LogP contribution is -2.37. The molecular weight excluding hydrogens is 520 g/mol. The molecule has 1 fully saturated rings. The molecule has 1 rings (SSSR count). The fraction of sp³-hybridized carbons (Fsp3) is 1.00. The van der Waals surface area contributed by atoms with Gasteiger partial charge in [-0.15, -0.1) is 0 Å². The molecule has 1 aliphatic rings. The average molecular weight is 581 g/mol. The summed E-state index contributed by atoms with van der Waals surface area (Å²) in [7, 11) is 1.65. The van der Waals surface area contributed by atoms with Gasteiger partial charge in [0.2, 0.25) is 0 Å². The van der Waals surface area contributed by atoms with Gasteiger partial charge in [0.25, 0.3) is 0 Å². The Hall–Kier alpha value is -0.480. The molecule has 12 nitrogen and oxygen atoms in total. The van der Waals surface area contributed by atoms with Gasteiger partial charge in [-0.25, -0.2) is 0 Å². The first kappa shape index (κ1) is 37.5. The zero-order valence-electron chi connectivity index (χ0n) is 25.3. The van der Waals surface area contributed by atoms with E-state index in [0.717, 1.165) is 71.9 Å². The smallest absolute Gasteiger partial charge is 0.0701 e. The Balaban J connectivity index is 1.77. The van der Waals surface area contributed by atoms with Crippen molar-refractivity contribution in [1.82, 2.24) is 20.9 Å². The minimum Gasteiger partial charge on any atom is -0.382 e. The van der Waals surface area contributed by atoms with Crippen molar-refractivity contribution in [2.24, 2.45) is 0 Å². The lowest BCUT2D eigenvalue weighted by atomic mass is 10.3. The van der Waals surface area contributed by atoms with E-state index < -0.39 is 0 Å². The zero-order valence-corrected chi connectivity index (χ0v) is 25.3. The quantitative estimate of drug-likeness (QED) is 0.126. The highest BCUT2D eigenvalue weighted by Crippen LogP contribution is 1.96. The Morgan fingerprint density at radius 3 is 1.30 bits per heavy atom. The third-order valence-electron chi connectivity index (χ3n) is 6.05. The molecule has 0 aromatic carbocycles. The van der Waals surface area contributed by atoms with E-state index in [4.69, 9.17) is 37.9 Å². The van der Waals surface area contributed by atoms with Gasteiger partial charge in [0.05, 0.1) is 92.5 Å². The summed E-state index contributed by atoms with van der Waals surface area (Å²) in [6.07, 6.45) is 3.41. The van der Waals surface area contributed by atoms with Crippen molar-refractivity contribution in [2.45, 2.75) is 19.3 Å². The Morgan fingerprint density at radius 2 is 0.825 bits per heavy atom. The Morgan fingerprint density at radius 1 is 0.425 bits per heavy atom. The van der Waals surface area contributed by atoms with Gasteiger partial charge in [0, 0.05) is 46.4 Å². The molecule has 1 aliphatic heterocycles. The van der Waals surface area contributed by atoms with Gasteiger partial charge in [-0.1, -0.05) is 0 Å². The van der Waals surface area contributed by atoms with E-state index in [2.05, 4.69) is 20.9 Å². The molecular formula is C28H60N4O8. The molecule has 0 radical (unpaired) electrons. The first-order chi connectivity index (χ1) is 19.9. The molecule has 1 saturated heterocycles. The molecule has 0 amide bonds. The summed E-state index contributed by atoms with van der Waals surface area (Å²) < 4.78 is 43.4. The molecule has 3 N–H and O–H groups in total. The van der Waals surface area contributed by atoms with Crippen molar-refractivity contribution in [1.29, 1.82) is 0 Å². The molecule has 12 heteroatoms. The third-order valence-corrected chi connectivity index (χ3v) is 6.05. The average Bonchev–Trinajstić information content (AvgIpc) is 2.97. The van der Waals surface area contributed by atoms with Crippen molar-refractivity contribution >= 4 is 0 Å². The van der Waals surface area contributed by atoms with Gasteiger partial charge in [-0.2, -0.15) is 0 Å². The van der Waals surface area contributed by atoms with Crippen LogP contribution in [0.1, 0.15) is 19.3 Å². The Labute approximate surface area is 243 Å². The summed E-state index contributed by atoms with van der Waals surface area (Å²) in [4.78, 5) is 2.55. The summed E-state index contributed by atoms with van der Waals surface area (Å²) in [6.45, 7) is 18.4. The van der Waals surface area contributed by atoms with E-state index in [1.807, 2.05) is 0 Å². The number of hydrogen-bond acceptors (Lipinski definition) is 12. The molecule has 240 valence electrons. The predicted molar refractivity (Wildman–Crippen MR) is 157 cm³/mol. The van der Waals surface area contributed by atoms with Crippen LogP contribution in [0.15, 0.2) is 0 Å². The number of hydrogen-bond donors (Lipinski definition) is 3. The Bertz CT molecular complexity index is 472. The molecule has 0 bridgehead atoms. The lowest BCUT2D eigenvalue weighted by molar-refractivity contribution is -0.0222. The van der Waals surface area contributed by atoms with E-state index in [9.17, 15) is 0 Å². The van der Waals surface area contributed by atoms with Gasteiger partial charge >= 0.3 is 0 Å². The molecule has 0 saturated carbocycles. The van der Waals surface area contributed by atoms with Crippen molar-refractivity contribution in [3.63, 3.8) is 0 Å². The molecule has 0 atom stereocenters. The number of rotatable bonds is 25. The van der Waals surface area contributed by atoms with Crippen molar-refractivity contribution in [3.05, 3.63) is 0 Å².